The van der Waals surface area contributed by atoms with E-state index in [2.05, 4.69) is 27.0 Å². The van der Waals surface area contributed by atoms with Crippen LogP contribution in [-0.2, 0) is 11.2 Å². The summed E-state index contributed by atoms with van der Waals surface area (Å²) in [4.78, 5) is 22.3. The zero-order valence-electron chi connectivity index (χ0n) is 21.5. The number of nitrogens with zero attached hydrogens (tertiary/aromatic N) is 2. The van der Waals surface area contributed by atoms with Gasteiger partial charge < -0.3 is 30.2 Å². The number of anilines is 2. The van der Waals surface area contributed by atoms with Gasteiger partial charge in [0.2, 0.25) is 0 Å². The number of hydrogen-bond donors (Lipinski definition) is 3. The maximum atomic E-state index is 12.3. The minimum Gasteiger partial charge on any atom is -0.493 e. The Morgan fingerprint density at radius 1 is 1.03 bits per heavy atom. The molecule has 39 heavy (non-hydrogen) atoms. The molecule has 1 aliphatic rings. The van der Waals surface area contributed by atoms with Crippen LogP contribution in [0.15, 0.2) is 72.9 Å². The maximum Gasteiger partial charge on any atom is 0.352 e. The number of aromatic nitrogens is 2. The van der Waals surface area contributed by atoms with Crippen molar-refractivity contribution >= 4 is 39.1 Å². The number of carboxylic acid groups (broad SMARTS) is 1. The standard InChI is InChI=1S/C31H30N4O4/c32-21-18-26(30(33-19-21)35-13-16-38-17-14-35)25-10-4-9-23-24(29(31(36)37)34-28(23)25)11-5-15-39-27-12-3-7-20-6-1-2-8-22(20)27/h1-4,6-10,12,18-19,34H,5,11,13-17,32H2,(H,36,37). The Hall–Kier alpha value is -4.56. The van der Waals surface area contributed by atoms with Gasteiger partial charge in [-0.1, -0.05) is 54.6 Å². The number of aryl methyl sites for hydroxylation is 1. The Morgan fingerprint density at radius 3 is 2.64 bits per heavy atom. The first kappa shape index (κ1) is 24.8. The lowest BCUT2D eigenvalue weighted by atomic mass is 9.99. The van der Waals surface area contributed by atoms with E-state index in [0.29, 0.717) is 38.3 Å². The first-order chi connectivity index (χ1) is 19.1. The maximum absolute atomic E-state index is 12.3. The summed E-state index contributed by atoms with van der Waals surface area (Å²) in [5.41, 5.74) is 10.2. The number of H-pyrrole nitrogens is 1. The molecular formula is C31H30N4O4. The highest BCUT2D eigenvalue weighted by Gasteiger charge is 2.23. The van der Waals surface area contributed by atoms with Crippen LogP contribution in [-0.4, -0.2) is 54.0 Å². The molecule has 8 nitrogen and oxygen atoms in total. The molecule has 1 saturated heterocycles. The minimum absolute atomic E-state index is 0.201. The molecule has 0 spiro atoms. The zero-order chi connectivity index (χ0) is 26.8. The highest BCUT2D eigenvalue weighted by atomic mass is 16.5. The normalized spacial score (nSPS) is 13.7. The van der Waals surface area contributed by atoms with Crippen LogP contribution in [0.4, 0.5) is 11.5 Å². The van der Waals surface area contributed by atoms with Crippen LogP contribution in [0, 0.1) is 0 Å². The summed E-state index contributed by atoms with van der Waals surface area (Å²) in [5, 5.41) is 13.1. The Morgan fingerprint density at radius 2 is 1.79 bits per heavy atom. The second kappa shape index (κ2) is 10.7. The van der Waals surface area contributed by atoms with Gasteiger partial charge in [-0.25, -0.2) is 9.78 Å². The lowest BCUT2D eigenvalue weighted by Crippen LogP contribution is -2.37. The number of carbonyl (C=O) groups is 1. The van der Waals surface area contributed by atoms with Crippen molar-refractivity contribution in [2.75, 3.05) is 43.5 Å². The highest BCUT2D eigenvalue weighted by molar-refractivity contribution is 6.04. The molecule has 3 heterocycles. The topological polar surface area (TPSA) is 114 Å². The summed E-state index contributed by atoms with van der Waals surface area (Å²) in [6.45, 7) is 3.19. The third-order valence-corrected chi connectivity index (χ3v) is 7.22. The second-order valence-electron chi connectivity index (χ2n) is 9.68. The Kier molecular flexibility index (Phi) is 6.77. The number of pyridine rings is 1. The summed E-state index contributed by atoms with van der Waals surface area (Å²) < 4.78 is 11.6. The van der Waals surface area contributed by atoms with Gasteiger partial charge in [0.05, 0.1) is 37.2 Å². The number of hydrogen-bond acceptors (Lipinski definition) is 6. The number of nitrogens with two attached hydrogens (primary N) is 1. The quantitative estimate of drug-likeness (QED) is 0.230. The van der Waals surface area contributed by atoms with Gasteiger partial charge in [-0.15, -0.1) is 0 Å². The third kappa shape index (κ3) is 4.86. The molecule has 1 fully saturated rings. The largest absolute Gasteiger partial charge is 0.493 e. The smallest absolute Gasteiger partial charge is 0.352 e. The van der Waals surface area contributed by atoms with Gasteiger partial charge in [0.25, 0.3) is 0 Å². The number of benzene rings is 3. The van der Waals surface area contributed by atoms with Crippen LogP contribution in [0.2, 0.25) is 0 Å². The second-order valence-corrected chi connectivity index (χ2v) is 9.68. The van der Waals surface area contributed by atoms with Crippen molar-refractivity contribution in [1.29, 1.82) is 0 Å². The van der Waals surface area contributed by atoms with E-state index in [1.165, 1.54) is 0 Å². The molecule has 3 aromatic carbocycles. The summed E-state index contributed by atoms with van der Waals surface area (Å²) >= 11 is 0. The van der Waals surface area contributed by atoms with Gasteiger partial charge in [0.1, 0.15) is 17.3 Å². The molecule has 4 N–H and O–H groups in total. The van der Waals surface area contributed by atoms with Gasteiger partial charge in [-0.05, 0) is 35.9 Å². The molecule has 1 aliphatic heterocycles. The summed E-state index contributed by atoms with van der Waals surface area (Å²) in [6, 6.07) is 21.9. The molecule has 0 radical (unpaired) electrons. The van der Waals surface area contributed by atoms with E-state index in [4.69, 9.17) is 15.2 Å². The lowest BCUT2D eigenvalue weighted by Gasteiger charge is -2.29. The molecule has 0 unspecified atom stereocenters. The molecule has 0 bridgehead atoms. The summed E-state index contributed by atoms with van der Waals surface area (Å²) in [5.74, 6) is 0.662. The van der Waals surface area contributed by atoms with Crippen molar-refractivity contribution in [3.05, 3.63) is 84.2 Å². The van der Waals surface area contributed by atoms with Crippen LogP contribution in [0.5, 0.6) is 5.75 Å². The molecule has 0 saturated carbocycles. The number of nitrogen functional groups attached to an aromatic ring is 1. The molecule has 5 aromatic rings. The number of nitrogens with one attached hydrogen (secondary N) is 1. The number of fused-ring (bicyclic) bond motifs is 2. The van der Waals surface area contributed by atoms with E-state index in [1.807, 2.05) is 54.6 Å². The van der Waals surface area contributed by atoms with Gasteiger partial charge in [-0.2, -0.15) is 0 Å². The van der Waals surface area contributed by atoms with Crippen molar-refractivity contribution in [3.63, 3.8) is 0 Å². The summed E-state index contributed by atoms with van der Waals surface area (Å²) in [7, 11) is 0. The first-order valence-electron chi connectivity index (χ1n) is 13.2. The van der Waals surface area contributed by atoms with Crippen LogP contribution in [0.1, 0.15) is 22.5 Å². The van der Waals surface area contributed by atoms with E-state index < -0.39 is 5.97 Å². The van der Waals surface area contributed by atoms with Crippen LogP contribution < -0.4 is 15.4 Å². The fraction of sp³-hybridized carbons (Fsp3) is 0.226. The number of aromatic amines is 1. The fourth-order valence-electron chi connectivity index (χ4n) is 5.39. The van der Waals surface area contributed by atoms with Crippen molar-refractivity contribution in [1.82, 2.24) is 9.97 Å². The van der Waals surface area contributed by atoms with Crippen molar-refractivity contribution in [2.45, 2.75) is 12.8 Å². The molecule has 198 valence electrons. The number of ether oxygens (including phenoxy) is 2. The van der Waals surface area contributed by atoms with Crippen molar-refractivity contribution < 1.29 is 19.4 Å². The van der Waals surface area contributed by atoms with E-state index in [0.717, 1.165) is 63.0 Å². The minimum atomic E-state index is -0.985. The van der Waals surface area contributed by atoms with Gasteiger partial charge in [-0.3, -0.25) is 0 Å². The predicted octanol–water partition coefficient (Wildman–Crippen LogP) is 5.51. The molecule has 0 atom stereocenters. The third-order valence-electron chi connectivity index (χ3n) is 7.22. The molecule has 0 amide bonds. The van der Waals surface area contributed by atoms with Crippen LogP contribution in [0.3, 0.4) is 0 Å². The van der Waals surface area contributed by atoms with Crippen molar-refractivity contribution in [2.24, 2.45) is 0 Å². The number of morpholine rings is 1. The Labute approximate surface area is 226 Å². The lowest BCUT2D eigenvalue weighted by molar-refractivity contribution is 0.0690. The molecule has 6 rings (SSSR count). The molecule has 2 aromatic heterocycles. The molecule has 0 aliphatic carbocycles. The first-order valence-corrected chi connectivity index (χ1v) is 13.2. The Balaban J connectivity index is 1.31. The molecule has 8 heteroatoms. The van der Waals surface area contributed by atoms with E-state index in [-0.39, 0.29) is 5.69 Å². The number of rotatable bonds is 8. The molecular weight excluding hydrogens is 492 g/mol. The predicted molar refractivity (Wildman–Crippen MR) is 154 cm³/mol. The van der Waals surface area contributed by atoms with Gasteiger partial charge >= 0.3 is 5.97 Å². The van der Waals surface area contributed by atoms with Crippen LogP contribution >= 0.6 is 0 Å². The van der Waals surface area contributed by atoms with Crippen LogP contribution in [0.25, 0.3) is 32.8 Å². The highest BCUT2D eigenvalue weighted by Crippen LogP contribution is 2.37. The van der Waals surface area contributed by atoms with E-state index in [1.54, 1.807) is 6.20 Å². The zero-order valence-corrected chi connectivity index (χ0v) is 21.5. The van der Waals surface area contributed by atoms with E-state index >= 15 is 0 Å². The number of aromatic carboxylic acids is 1. The fourth-order valence-corrected chi connectivity index (χ4v) is 5.39. The Bertz CT molecular complexity index is 1650. The summed E-state index contributed by atoms with van der Waals surface area (Å²) in [6.07, 6.45) is 2.88. The number of carboxylic acids is 1. The van der Waals surface area contributed by atoms with E-state index in [9.17, 15) is 9.90 Å². The van der Waals surface area contributed by atoms with Gasteiger partial charge in [0.15, 0.2) is 0 Å². The monoisotopic (exact) mass is 522 g/mol. The van der Waals surface area contributed by atoms with Gasteiger partial charge in [0, 0.05) is 35.0 Å². The SMILES string of the molecule is Nc1cnc(N2CCOCC2)c(-c2cccc3c(CCCOc4cccc5ccccc45)c(C(=O)O)[nH]c23)c1. The average Bonchev–Trinajstić information content (AvgIpc) is 3.35. The van der Waals surface area contributed by atoms with Crippen molar-refractivity contribution in [3.8, 4) is 16.9 Å². The average molecular weight is 523 g/mol. The number of para-hydroxylation sites is 1.